The average Bonchev–Trinajstić information content (AvgIpc) is 2.61. The summed E-state index contributed by atoms with van der Waals surface area (Å²) in [5.74, 6) is 2.63. The first-order valence-corrected chi connectivity index (χ1v) is 6.59. The molecule has 0 aliphatic carbocycles. The fraction of sp³-hybridized carbons (Fsp3) is 0.692. The molecule has 100 valence electrons. The van der Waals surface area contributed by atoms with E-state index in [1.54, 1.807) is 6.07 Å². The third kappa shape index (κ3) is 3.57. The van der Waals surface area contributed by atoms with Crippen molar-refractivity contribution in [2.75, 3.05) is 25.0 Å². The zero-order valence-corrected chi connectivity index (χ0v) is 11.3. The maximum absolute atomic E-state index is 11.9. The number of amides is 1. The van der Waals surface area contributed by atoms with Crippen LogP contribution in [-0.4, -0.2) is 30.7 Å². The normalized spacial score (nSPS) is 28.1. The molecule has 0 aromatic carbocycles. The van der Waals surface area contributed by atoms with Crippen molar-refractivity contribution in [2.45, 2.75) is 27.2 Å². The van der Waals surface area contributed by atoms with E-state index in [1.165, 1.54) is 11.3 Å². The number of aromatic nitrogens is 1. The van der Waals surface area contributed by atoms with E-state index in [9.17, 15) is 4.79 Å². The highest BCUT2D eigenvalue weighted by Gasteiger charge is 2.26. The first-order chi connectivity index (χ1) is 8.52. The van der Waals surface area contributed by atoms with Crippen molar-refractivity contribution >= 4 is 11.7 Å². The quantitative estimate of drug-likeness (QED) is 0.822. The Morgan fingerprint density at radius 1 is 1.50 bits per heavy atom. The number of nitrogens with one attached hydrogen (secondary N) is 2. The molecule has 0 unspecified atom stereocenters. The maximum Gasteiger partial charge on any atom is 0.280 e. The Morgan fingerprint density at radius 3 is 2.72 bits per heavy atom. The second-order valence-electron chi connectivity index (χ2n) is 5.65. The largest absolute Gasteiger partial charge is 0.360 e. The van der Waals surface area contributed by atoms with E-state index in [0.717, 1.165) is 13.1 Å². The average molecular weight is 252 g/mol. The van der Waals surface area contributed by atoms with Gasteiger partial charge in [-0.3, -0.25) is 4.79 Å². The Labute approximate surface area is 108 Å². The lowest BCUT2D eigenvalue weighted by atomic mass is 9.92. The third-order valence-corrected chi connectivity index (χ3v) is 3.39. The molecule has 1 aliphatic rings. The number of hydrogen-bond acceptors (Lipinski definition) is 3. The molecule has 5 nitrogen and oxygen atoms in total. The molecule has 1 saturated heterocycles. The summed E-state index contributed by atoms with van der Waals surface area (Å²) in [6, 6.07) is 1.73. The van der Waals surface area contributed by atoms with Crippen LogP contribution in [0, 0.1) is 18.8 Å². The number of carbonyl (C=O) groups excluding carboxylic acids is 1. The summed E-state index contributed by atoms with van der Waals surface area (Å²) in [6.07, 6.45) is 1.27. The number of piperidine rings is 1. The Kier molecular flexibility index (Phi) is 4.01. The van der Waals surface area contributed by atoms with Crippen LogP contribution in [0.15, 0.2) is 10.6 Å². The molecular weight excluding hydrogens is 230 g/mol. The number of quaternary nitrogens is 1. The van der Waals surface area contributed by atoms with Gasteiger partial charge in [-0.15, -0.1) is 0 Å². The minimum absolute atomic E-state index is 0.0135. The lowest BCUT2D eigenvalue weighted by molar-refractivity contribution is -0.904. The van der Waals surface area contributed by atoms with Gasteiger partial charge in [-0.1, -0.05) is 19.0 Å². The van der Waals surface area contributed by atoms with Gasteiger partial charge in [0.25, 0.3) is 5.91 Å². The summed E-state index contributed by atoms with van der Waals surface area (Å²) in [6.45, 7) is 9.00. The number of rotatable bonds is 3. The molecule has 1 aromatic heterocycles. The summed E-state index contributed by atoms with van der Waals surface area (Å²) in [4.78, 5) is 13.2. The van der Waals surface area contributed by atoms with Gasteiger partial charge >= 0.3 is 0 Å². The van der Waals surface area contributed by atoms with E-state index >= 15 is 0 Å². The number of likely N-dealkylation sites (tertiary alicyclic amines) is 1. The van der Waals surface area contributed by atoms with Gasteiger partial charge in [0.1, 0.15) is 5.76 Å². The van der Waals surface area contributed by atoms with E-state index in [1.807, 2.05) is 6.92 Å². The summed E-state index contributed by atoms with van der Waals surface area (Å²) >= 11 is 0. The number of aryl methyl sites for hydroxylation is 1. The van der Waals surface area contributed by atoms with Crippen LogP contribution < -0.4 is 10.2 Å². The predicted octanol–water partition coefficient (Wildman–Crippen LogP) is 0.482. The fourth-order valence-electron chi connectivity index (χ4n) is 2.91. The number of hydrogen-bond donors (Lipinski definition) is 2. The van der Waals surface area contributed by atoms with Crippen molar-refractivity contribution in [1.29, 1.82) is 0 Å². The van der Waals surface area contributed by atoms with Crippen LogP contribution in [0.3, 0.4) is 0 Å². The van der Waals surface area contributed by atoms with Gasteiger partial charge in [0.05, 0.1) is 13.1 Å². The van der Waals surface area contributed by atoms with Crippen molar-refractivity contribution in [3.8, 4) is 0 Å². The van der Waals surface area contributed by atoms with E-state index in [0.29, 0.717) is 30.0 Å². The fourth-order valence-corrected chi connectivity index (χ4v) is 2.91. The van der Waals surface area contributed by atoms with Gasteiger partial charge < -0.3 is 14.7 Å². The first kappa shape index (κ1) is 13.1. The molecule has 5 heteroatoms. The molecule has 0 saturated carbocycles. The van der Waals surface area contributed by atoms with Crippen molar-refractivity contribution in [1.82, 2.24) is 5.16 Å². The molecule has 1 aliphatic heterocycles. The van der Waals surface area contributed by atoms with Crippen LogP contribution in [-0.2, 0) is 4.79 Å². The molecular formula is C13H22N3O2+. The summed E-state index contributed by atoms with van der Waals surface area (Å²) in [5, 5.41) is 6.54. The smallest absolute Gasteiger partial charge is 0.280 e. The Balaban J connectivity index is 1.83. The number of nitrogens with zero attached hydrogens (tertiary/aromatic N) is 1. The topological polar surface area (TPSA) is 59.6 Å². The van der Waals surface area contributed by atoms with Gasteiger partial charge in [-0.2, -0.15) is 0 Å². The molecule has 0 spiro atoms. The van der Waals surface area contributed by atoms with Crippen molar-refractivity contribution in [2.24, 2.45) is 11.8 Å². The Hall–Kier alpha value is -1.36. The van der Waals surface area contributed by atoms with Gasteiger partial charge in [-0.05, 0) is 13.3 Å². The van der Waals surface area contributed by atoms with Crippen LogP contribution in [0.4, 0.5) is 5.82 Å². The summed E-state index contributed by atoms with van der Waals surface area (Å²) < 4.78 is 4.92. The van der Waals surface area contributed by atoms with Crippen LogP contribution in [0.2, 0.25) is 0 Å². The van der Waals surface area contributed by atoms with Gasteiger partial charge in [0, 0.05) is 17.9 Å². The van der Waals surface area contributed by atoms with Gasteiger partial charge in [-0.25, -0.2) is 0 Å². The lowest BCUT2D eigenvalue weighted by Crippen LogP contribution is -3.15. The predicted molar refractivity (Wildman–Crippen MR) is 68.4 cm³/mol. The highest BCUT2D eigenvalue weighted by Crippen LogP contribution is 2.12. The standard InChI is InChI=1S/C13H21N3O2/c1-9-4-10(2)7-16(6-9)8-13(17)14-12-5-11(3)18-15-12/h5,9-10H,4,6-8H2,1-3H3,(H,14,15,17)/p+1/t9-,10-/m1/s1. The second-order valence-corrected chi connectivity index (χ2v) is 5.65. The summed E-state index contributed by atoms with van der Waals surface area (Å²) in [5.41, 5.74) is 0. The van der Waals surface area contributed by atoms with E-state index in [2.05, 4.69) is 24.3 Å². The van der Waals surface area contributed by atoms with E-state index in [-0.39, 0.29) is 5.91 Å². The minimum Gasteiger partial charge on any atom is -0.360 e. The van der Waals surface area contributed by atoms with E-state index < -0.39 is 0 Å². The SMILES string of the molecule is Cc1cc(NC(=O)C[NH+]2C[C@H](C)C[C@@H](C)C2)no1. The van der Waals surface area contributed by atoms with Crippen LogP contribution in [0.1, 0.15) is 26.0 Å². The third-order valence-electron chi connectivity index (χ3n) is 3.39. The minimum atomic E-state index is 0.0135. The van der Waals surface area contributed by atoms with Crippen molar-refractivity contribution < 1.29 is 14.2 Å². The summed E-state index contributed by atoms with van der Waals surface area (Å²) in [7, 11) is 0. The molecule has 0 bridgehead atoms. The monoisotopic (exact) mass is 252 g/mol. The number of carbonyl (C=O) groups is 1. The second kappa shape index (κ2) is 5.52. The molecule has 18 heavy (non-hydrogen) atoms. The Bertz CT molecular complexity index is 406. The van der Waals surface area contributed by atoms with Gasteiger partial charge in [0.2, 0.25) is 0 Å². The van der Waals surface area contributed by atoms with Crippen molar-refractivity contribution in [3.05, 3.63) is 11.8 Å². The van der Waals surface area contributed by atoms with Crippen LogP contribution in [0.25, 0.3) is 0 Å². The van der Waals surface area contributed by atoms with Gasteiger partial charge in [0.15, 0.2) is 12.4 Å². The van der Waals surface area contributed by atoms with Crippen LogP contribution in [0.5, 0.6) is 0 Å². The maximum atomic E-state index is 11.9. The molecule has 2 N–H and O–H groups in total. The number of anilines is 1. The Morgan fingerprint density at radius 2 is 2.17 bits per heavy atom. The molecule has 1 aromatic rings. The van der Waals surface area contributed by atoms with E-state index in [4.69, 9.17) is 4.52 Å². The molecule has 2 rings (SSSR count). The molecule has 2 atom stereocenters. The van der Waals surface area contributed by atoms with Crippen LogP contribution >= 0.6 is 0 Å². The highest BCUT2D eigenvalue weighted by molar-refractivity contribution is 5.90. The first-order valence-electron chi connectivity index (χ1n) is 6.59. The highest BCUT2D eigenvalue weighted by atomic mass is 16.5. The van der Waals surface area contributed by atoms with Crippen molar-refractivity contribution in [3.63, 3.8) is 0 Å². The molecule has 2 heterocycles. The molecule has 1 fully saturated rings. The zero-order valence-electron chi connectivity index (χ0n) is 11.3. The lowest BCUT2D eigenvalue weighted by Gasteiger charge is -2.31. The zero-order chi connectivity index (χ0) is 13.1. The molecule has 0 radical (unpaired) electrons. The molecule has 1 amide bonds.